The van der Waals surface area contributed by atoms with Crippen LogP contribution in [0.3, 0.4) is 0 Å². The number of esters is 1. The van der Waals surface area contributed by atoms with Crippen molar-refractivity contribution in [1.29, 1.82) is 0 Å². The minimum absolute atomic E-state index is 0.302. The largest absolute Gasteiger partial charge is 0.462 e. The Morgan fingerprint density at radius 2 is 1.91 bits per heavy atom. The molecule has 5 nitrogen and oxygen atoms in total. The lowest BCUT2D eigenvalue weighted by Gasteiger charge is -2.09. The van der Waals surface area contributed by atoms with E-state index in [1.54, 1.807) is 19.1 Å². The van der Waals surface area contributed by atoms with Crippen LogP contribution < -0.4 is 5.32 Å². The molecule has 0 atom stereocenters. The summed E-state index contributed by atoms with van der Waals surface area (Å²) < 4.78 is 10.8. The molecule has 124 valence electrons. The Morgan fingerprint density at radius 3 is 2.57 bits per heavy atom. The molecule has 1 aromatic carbocycles. The maximum atomic E-state index is 11.6. The van der Waals surface area contributed by atoms with Gasteiger partial charge in [0.2, 0.25) is 0 Å². The average molecular weight is 316 g/mol. The van der Waals surface area contributed by atoms with E-state index >= 15 is 0 Å². The molecule has 5 heteroatoms. The smallest absolute Gasteiger partial charge is 0.338 e. The van der Waals surface area contributed by atoms with Crippen molar-refractivity contribution in [3.8, 4) is 11.3 Å². The van der Waals surface area contributed by atoms with E-state index in [0.717, 1.165) is 30.2 Å². The van der Waals surface area contributed by atoms with Crippen molar-refractivity contribution in [3.63, 3.8) is 0 Å². The molecule has 0 bridgehead atoms. The summed E-state index contributed by atoms with van der Waals surface area (Å²) in [6.07, 6.45) is 0. The van der Waals surface area contributed by atoms with Gasteiger partial charge < -0.3 is 19.4 Å². The first-order valence-electron chi connectivity index (χ1n) is 7.82. The molecule has 23 heavy (non-hydrogen) atoms. The van der Waals surface area contributed by atoms with Gasteiger partial charge in [-0.3, -0.25) is 0 Å². The van der Waals surface area contributed by atoms with Crippen molar-refractivity contribution in [2.24, 2.45) is 0 Å². The highest BCUT2D eigenvalue weighted by Gasteiger charge is 2.08. The molecule has 1 aromatic heterocycles. The number of hydrogen-bond acceptors (Lipinski definition) is 5. The van der Waals surface area contributed by atoms with Gasteiger partial charge in [-0.25, -0.2) is 4.79 Å². The van der Waals surface area contributed by atoms with Crippen LogP contribution in [0, 0.1) is 0 Å². The number of furan rings is 1. The number of ether oxygens (including phenoxy) is 1. The first-order valence-corrected chi connectivity index (χ1v) is 7.82. The van der Waals surface area contributed by atoms with Gasteiger partial charge in [0, 0.05) is 18.7 Å². The zero-order chi connectivity index (χ0) is 16.7. The molecule has 2 aromatic rings. The number of hydrogen-bond donors (Lipinski definition) is 1. The SMILES string of the molecule is CCOC(=O)c1ccc(-c2ccc(CNCCN(C)C)o2)cc1. The molecule has 0 saturated heterocycles. The lowest BCUT2D eigenvalue weighted by atomic mass is 10.1. The van der Waals surface area contributed by atoms with Crippen LogP contribution in [-0.2, 0) is 11.3 Å². The Hall–Kier alpha value is -2.11. The van der Waals surface area contributed by atoms with Crippen molar-refractivity contribution in [3.05, 3.63) is 47.7 Å². The third-order valence-corrected chi connectivity index (χ3v) is 3.38. The number of benzene rings is 1. The molecular weight excluding hydrogens is 292 g/mol. The monoisotopic (exact) mass is 316 g/mol. The number of carbonyl (C=O) groups excluding carboxylic acids is 1. The van der Waals surface area contributed by atoms with Gasteiger partial charge in [-0.1, -0.05) is 12.1 Å². The lowest BCUT2D eigenvalue weighted by molar-refractivity contribution is 0.0526. The number of nitrogens with zero attached hydrogens (tertiary/aromatic N) is 1. The molecule has 1 N–H and O–H groups in total. The van der Waals surface area contributed by atoms with Crippen molar-refractivity contribution < 1.29 is 13.9 Å². The van der Waals surface area contributed by atoms with Gasteiger partial charge in [0.25, 0.3) is 0 Å². The molecule has 0 amide bonds. The molecule has 0 spiro atoms. The standard InChI is InChI=1S/C18H24N2O3/c1-4-22-18(21)15-7-5-14(6-8-15)17-10-9-16(23-17)13-19-11-12-20(2)3/h5-10,19H,4,11-13H2,1-3H3. The highest BCUT2D eigenvalue weighted by atomic mass is 16.5. The molecule has 2 rings (SSSR count). The van der Waals surface area contributed by atoms with Crippen molar-refractivity contribution in [1.82, 2.24) is 10.2 Å². The fourth-order valence-electron chi connectivity index (χ4n) is 2.13. The Balaban J connectivity index is 1.93. The van der Waals surface area contributed by atoms with Crippen LogP contribution in [-0.4, -0.2) is 44.7 Å². The van der Waals surface area contributed by atoms with Gasteiger partial charge in [-0.2, -0.15) is 0 Å². The van der Waals surface area contributed by atoms with Crippen LogP contribution in [0.1, 0.15) is 23.0 Å². The zero-order valence-electron chi connectivity index (χ0n) is 14.0. The predicted octanol–water partition coefficient (Wildman–Crippen LogP) is 2.77. The third-order valence-electron chi connectivity index (χ3n) is 3.38. The number of rotatable bonds is 8. The van der Waals surface area contributed by atoms with E-state index in [-0.39, 0.29) is 5.97 Å². The molecule has 0 aliphatic carbocycles. The van der Waals surface area contributed by atoms with Gasteiger partial charge in [0.05, 0.1) is 18.7 Å². The average Bonchev–Trinajstić information content (AvgIpc) is 3.01. The lowest BCUT2D eigenvalue weighted by Crippen LogP contribution is -2.25. The second-order valence-corrected chi connectivity index (χ2v) is 5.54. The number of nitrogens with one attached hydrogen (secondary N) is 1. The van der Waals surface area contributed by atoms with Gasteiger partial charge in [0.15, 0.2) is 0 Å². The van der Waals surface area contributed by atoms with E-state index < -0.39 is 0 Å². The van der Waals surface area contributed by atoms with Crippen LogP contribution in [0.25, 0.3) is 11.3 Å². The summed E-state index contributed by atoms with van der Waals surface area (Å²) >= 11 is 0. The summed E-state index contributed by atoms with van der Waals surface area (Å²) in [7, 11) is 4.10. The van der Waals surface area contributed by atoms with Crippen LogP contribution in [0.4, 0.5) is 0 Å². The Kier molecular flexibility index (Phi) is 6.38. The van der Waals surface area contributed by atoms with E-state index in [4.69, 9.17) is 9.15 Å². The molecule has 0 radical (unpaired) electrons. The predicted molar refractivity (Wildman–Crippen MR) is 90.4 cm³/mol. The normalized spacial score (nSPS) is 11.0. The number of likely N-dealkylation sites (N-methyl/N-ethyl adjacent to an activating group) is 1. The van der Waals surface area contributed by atoms with E-state index in [1.807, 2.05) is 38.4 Å². The molecule has 1 heterocycles. The van der Waals surface area contributed by atoms with Gasteiger partial charge in [-0.15, -0.1) is 0 Å². The van der Waals surface area contributed by atoms with E-state index in [9.17, 15) is 4.79 Å². The summed E-state index contributed by atoms with van der Waals surface area (Å²) in [5, 5.41) is 3.34. The summed E-state index contributed by atoms with van der Waals surface area (Å²) in [6, 6.07) is 11.2. The zero-order valence-corrected chi connectivity index (χ0v) is 14.0. The highest BCUT2D eigenvalue weighted by molar-refractivity contribution is 5.89. The van der Waals surface area contributed by atoms with Gasteiger partial charge in [-0.05, 0) is 45.3 Å². The summed E-state index contributed by atoms with van der Waals surface area (Å²) in [5.41, 5.74) is 1.49. The fraction of sp³-hybridized carbons (Fsp3) is 0.389. The molecule has 0 saturated carbocycles. The molecule has 0 fully saturated rings. The van der Waals surface area contributed by atoms with Gasteiger partial charge >= 0.3 is 5.97 Å². The Labute approximate surface area is 137 Å². The topological polar surface area (TPSA) is 54.7 Å². The van der Waals surface area contributed by atoms with Crippen molar-refractivity contribution in [2.45, 2.75) is 13.5 Å². The maximum absolute atomic E-state index is 11.6. The molecule has 0 unspecified atom stereocenters. The van der Waals surface area contributed by atoms with Crippen LogP contribution in [0.5, 0.6) is 0 Å². The van der Waals surface area contributed by atoms with Crippen LogP contribution in [0.2, 0.25) is 0 Å². The minimum Gasteiger partial charge on any atom is -0.462 e. The first kappa shape index (κ1) is 17.2. The number of carbonyl (C=O) groups is 1. The second-order valence-electron chi connectivity index (χ2n) is 5.54. The van der Waals surface area contributed by atoms with Crippen LogP contribution in [0.15, 0.2) is 40.8 Å². The third kappa shape index (κ3) is 5.23. The van der Waals surface area contributed by atoms with E-state index in [0.29, 0.717) is 18.7 Å². The maximum Gasteiger partial charge on any atom is 0.338 e. The first-order chi connectivity index (χ1) is 11.1. The van der Waals surface area contributed by atoms with Crippen molar-refractivity contribution >= 4 is 5.97 Å². The Bertz CT molecular complexity index is 617. The highest BCUT2D eigenvalue weighted by Crippen LogP contribution is 2.22. The van der Waals surface area contributed by atoms with Crippen molar-refractivity contribution in [2.75, 3.05) is 33.8 Å². The molecule has 0 aliphatic rings. The second kappa shape index (κ2) is 8.50. The van der Waals surface area contributed by atoms with E-state index in [2.05, 4.69) is 10.2 Å². The summed E-state index contributed by atoms with van der Waals surface area (Å²) in [6.45, 7) is 4.78. The quantitative estimate of drug-likeness (QED) is 0.599. The molecule has 0 aliphatic heterocycles. The van der Waals surface area contributed by atoms with Gasteiger partial charge in [0.1, 0.15) is 11.5 Å². The minimum atomic E-state index is -0.302. The fourth-order valence-corrected chi connectivity index (χ4v) is 2.13. The summed E-state index contributed by atoms with van der Waals surface area (Å²) in [4.78, 5) is 13.8. The summed E-state index contributed by atoms with van der Waals surface area (Å²) in [5.74, 6) is 1.39. The Morgan fingerprint density at radius 1 is 1.17 bits per heavy atom. The van der Waals surface area contributed by atoms with Crippen LogP contribution >= 0.6 is 0 Å². The van der Waals surface area contributed by atoms with E-state index in [1.165, 1.54) is 0 Å². The molecular formula is C18H24N2O3.